The SMILES string of the molecule is CC(C)(C)OC(=O)CCN1CCN(c2ccc(C(=O)NC3C(C)(C)C(Oc4ccc(C#N)c(Cl)c4)C3(C)C)cc2)CC1C(C)(C)C. The fourth-order valence-corrected chi connectivity index (χ4v) is 7.62. The molecule has 1 amide bonds. The second-order valence-corrected chi connectivity index (χ2v) is 16.5. The van der Waals surface area contributed by atoms with Crippen molar-refractivity contribution in [3.63, 3.8) is 0 Å². The molecule has 250 valence electrons. The molecule has 1 heterocycles. The van der Waals surface area contributed by atoms with E-state index in [4.69, 9.17) is 21.1 Å². The van der Waals surface area contributed by atoms with E-state index in [9.17, 15) is 14.9 Å². The lowest BCUT2D eigenvalue weighted by Crippen LogP contribution is -2.74. The molecule has 1 atom stereocenters. The monoisotopic (exact) mass is 650 g/mol. The van der Waals surface area contributed by atoms with Crippen molar-refractivity contribution in [1.82, 2.24) is 10.2 Å². The smallest absolute Gasteiger partial charge is 0.307 e. The molecule has 1 unspecified atom stereocenters. The maximum Gasteiger partial charge on any atom is 0.307 e. The van der Waals surface area contributed by atoms with E-state index in [-0.39, 0.29) is 46.3 Å². The molecule has 2 aromatic rings. The van der Waals surface area contributed by atoms with Crippen LogP contribution >= 0.6 is 11.6 Å². The molecule has 2 aromatic carbocycles. The molecule has 0 aromatic heterocycles. The molecule has 9 heteroatoms. The van der Waals surface area contributed by atoms with Crippen LogP contribution in [0.1, 0.15) is 91.6 Å². The van der Waals surface area contributed by atoms with Gasteiger partial charge in [0.05, 0.1) is 17.0 Å². The zero-order valence-corrected chi connectivity index (χ0v) is 29.9. The van der Waals surface area contributed by atoms with Crippen molar-refractivity contribution < 1.29 is 19.1 Å². The second-order valence-electron chi connectivity index (χ2n) is 16.0. The molecule has 8 nitrogen and oxygen atoms in total. The number of nitrogens with one attached hydrogen (secondary N) is 1. The number of piperazine rings is 1. The Morgan fingerprint density at radius 2 is 1.63 bits per heavy atom. The summed E-state index contributed by atoms with van der Waals surface area (Å²) in [6.45, 7) is 24.0. The van der Waals surface area contributed by atoms with Gasteiger partial charge in [-0.3, -0.25) is 14.5 Å². The van der Waals surface area contributed by atoms with Gasteiger partial charge in [0.2, 0.25) is 0 Å². The maximum atomic E-state index is 13.5. The Bertz CT molecular complexity index is 1450. The molecule has 4 rings (SSSR count). The Morgan fingerprint density at radius 3 is 2.17 bits per heavy atom. The minimum absolute atomic E-state index is 0.0166. The van der Waals surface area contributed by atoms with Gasteiger partial charge in [0.25, 0.3) is 5.91 Å². The van der Waals surface area contributed by atoms with Crippen LogP contribution in [0, 0.1) is 27.6 Å². The molecular weight excluding hydrogens is 600 g/mol. The summed E-state index contributed by atoms with van der Waals surface area (Å²) < 4.78 is 11.9. The van der Waals surface area contributed by atoms with Crippen molar-refractivity contribution in [3.05, 3.63) is 58.6 Å². The molecule has 0 spiro atoms. The van der Waals surface area contributed by atoms with Crippen molar-refractivity contribution in [2.75, 3.05) is 31.1 Å². The number of carbonyl (C=O) groups is 2. The van der Waals surface area contributed by atoms with E-state index in [2.05, 4.69) is 69.7 Å². The van der Waals surface area contributed by atoms with E-state index in [0.29, 0.717) is 34.9 Å². The van der Waals surface area contributed by atoms with E-state index in [1.165, 1.54) is 0 Å². The van der Waals surface area contributed by atoms with Crippen molar-refractivity contribution >= 4 is 29.2 Å². The van der Waals surface area contributed by atoms with E-state index >= 15 is 0 Å². The number of hydrogen-bond donors (Lipinski definition) is 1. The average Bonchev–Trinajstić information content (AvgIpc) is 2.96. The van der Waals surface area contributed by atoms with Crippen LogP contribution in [0.25, 0.3) is 0 Å². The molecule has 1 aliphatic carbocycles. The number of nitrogens with zero attached hydrogens (tertiary/aromatic N) is 3. The average molecular weight is 651 g/mol. The van der Waals surface area contributed by atoms with Crippen molar-refractivity contribution in [3.8, 4) is 11.8 Å². The number of hydrogen-bond acceptors (Lipinski definition) is 7. The third-order valence-corrected chi connectivity index (χ3v) is 9.75. The van der Waals surface area contributed by atoms with E-state index < -0.39 is 5.60 Å². The topological polar surface area (TPSA) is 94.9 Å². The zero-order valence-electron chi connectivity index (χ0n) is 29.2. The first-order valence-corrected chi connectivity index (χ1v) is 16.6. The van der Waals surface area contributed by atoms with Crippen LogP contribution in [0.5, 0.6) is 5.75 Å². The summed E-state index contributed by atoms with van der Waals surface area (Å²) in [7, 11) is 0. The number of anilines is 1. The van der Waals surface area contributed by atoms with Gasteiger partial charge in [-0.05, 0) is 62.6 Å². The summed E-state index contributed by atoms with van der Waals surface area (Å²) in [6.07, 6.45) is 0.203. The lowest BCUT2D eigenvalue weighted by Gasteiger charge is -2.63. The Hall–Kier alpha value is -3.28. The number of rotatable bonds is 8. The number of benzene rings is 2. The van der Waals surface area contributed by atoms with Gasteiger partial charge in [-0.2, -0.15) is 5.26 Å². The predicted octanol–water partition coefficient (Wildman–Crippen LogP) is 7.09. The lowest BCUT2D eigenvalue weighted by atomic mass is 9.49. The van der Waals surface area contributed by atoms with Crippen LogP contribution in [-0.2, 0) is 9.53 Å². The molecule has 1 aliphatic heterocycles. The standard InChI is InChI=1S/C37H51ClN4O4/c1-34(2,3)29-23-42(20-19-41(29)18-17-30(43)46-35(4,5)6)26-14-11-24(12-15-26)31(44)40-32-36(7,8)33(37(32,9)10)45-27-16-13-25(22-39)28(38)21-27/h11-16,21,29,32-33H,17-20,23H2,1-10H3,(H,40,44). The molecular formula is C37H51ClN4O4. The van der Waals surface area contributed by atoms with Crippen LogP contribution in [-0.4, -0.2) is 66.7 Å². The molecule has 46 heavy (non-hydrogen) atoms. The number of esters is 1. The minimum atomic E-state index is -0.480. The summed E-state index contributed by atoms with van der Waals surface area (Å²) in [5, 5.41) is 12.8. The van der Waals surface area contributed by atoms with Crippen LogP contribution < -0.4 is 15.0 Å². The highest BCUT2D eigenvalue weighted by Crippen LogP contribution is 2.55. The van der Waals surface area contributed by atoms with E-state index in [1.807, 2.05) is 45.0 Å². The van der Waals surface area contributed by atoms with Crippen molar-refractivity contribution in [2.24, 2.45) is 16.2 Å². The van der Waals surface area contributed by atoms with Crippen molar-refractivity contribution in [1.29, 1.82) is 5.26 Å². The largest absolute Gasteiger partial charge is 0.489 e. The van der Waals surface area contributed by atoms with E-state index in [1.54, 1.807) is 18.2 Å². The summed E-state index contributed by atoms with van der Waals surface area (Å²) in [5.74, 6) is 0.328. The first-order chi connectivity index (χ1) is 21.2. The first-order valence-electron chi connectivity index (χ1n) is 16.2. The molecule has 1 saturated carbocycles. The summed E-state index contributed by atoms with van der Waals surface area (Å²) in [4.78, 5) is 30.7. The van der Waals surface area contributed by atoms with Gasteiger partial charge in [-0.15, -0.1) is 0 Å². The second kappa shape index (κ2) is 13.1. The molecule has 0 radical (unpaired) electrons. The number of halogens is 1. The Labute approximate surface area is 280 Å². The lowest BCUT2D eigenvalue weighted by molar-refractivity contribution is -0.164. The highest BCUT2D eigenvalue weighted by molar-refractivity contribution is 6.31. The molecule has 1 N–H and O–H groups in total. The fourth-order valence-electron chi connectivity index (χ4n) is 7.41. The number of nitriles is 1. The molecule has 2 aliphatic rings. The highest BCUT2D eigenvalue weighted by Gasteiger charge is 2.64. The van der Waals surface area contributed by atoms with Crippen LogP contribution in [0.15, 0.2) is 42.5 Å². The van der Waals surface area contributed by atoms with Crippen LogP contribution in [0.2, 0.25) is 5.02 Å². The minimum Gasteiger partial charge on any atom is -0.489 e. The molecule has 0 bridgehead atoms. The number of ether oxygens (including phenoxy) is 2. The van der Waals surface area contributed by atoms with Gasteiger partial charge < -0.3 is 19.7 Å². The third-order valence-electron chi connectivity index (χ3n) is 9.44. The van der Waals surface area contributed by atoms with Gasteiger partial charge in [-0.25, -0.2) is 0 Å². The molecule has 1 saturated heterocycles. The van der Waals surface area contributed by atoms with Crippen molar-refractivity contribution in [2.45, 2.75) is 99.4 Å². The van der Waals surface area contributed by atoms with Gasteiger partial charge in [0.15, 0.2) is 0 Å². The van der Waals surface area contributed by atoms with Gasteiger partial charge in [-0.1, -0.05) is 60.1 Å². The predicted molar refractivity (Wildman–Crippen MR) is 183 cm³/mol. The number of amides is 1. The summed E-state index contributed by atoms with van der Waals surface area (Å²) >= 11 is 6.24. The first kappa shape index (κ1) is 35.6. The Kier molecular flexibility index (Phi) is 10.1. The quantitative estimate of drug-likeness (QED) is 0.305. The third kappa shape index (κ3) is 7.81. The van der Waals surface area contributed by atoms with Gasteiger partial charge in [0.1, 0.15) is 23.5 Å². The highest BCUT2D eigenvalue weighted by atomic mass is 35.5. The zero-order chi connectivity index (χ0) is 34.2. The normalized spacial score (nSPS) is 22.7. The van der Waals surface area contributed by atoms with Crippen LogP contribution in [0.4, 0.5) is 5.69 Å². The van der Waals surface area contributed by atoms with Crippen LogP contribution in [0.3, 0.4) is 0 Å². The molecule has 2 fully saturated rings. The Balaban J connectivity index is 1.38. The Morgan fingerprint density at radius 1 is 1.00 bits per heavy atom. The van der Waals surface area contributed by atoms with Gasteiger partial charge >= 0.3 is 5.97 Å². The maximum absolute atomic E-state index is 13.5. The summed E-state index contributed by atoms with van der Waals surface area (Å²) in [6, 6.07) is 15.2. The fraction of sp³-hybridized carbons (Fsp3) is 0.595. The van der Waals surface area contributed by atoms with E-state index in [0.717, 1.165) is 25.3 Å². The van der Waals surface area contributed by atoms with Gasteiger partial charge in [0, 0.05) is 66.4 Å². The number of carbonyl (C=O) groups excluding carboxylic acids is 2. The summed E-state index contributed by atoms with van der Waals surface area (Å²) in [5.41, 5.74) is 0.950.